The van der Waals surface area contributed by atoms with Crippen molar-refractivity contribution < 1.29 is 73.6 Å². The Labute approximate surface area is 325 Å². The fourth-order valence-corrected chi connectivity index (χ4v) is 7.92. The van der Waals surface area contributed by atoms with Crippen LogP contribution in [-0.4, -0.2) is 79.9 Å². The molecule has 7 atom stereocenters. The second kappa shape index (κ2) is 27.5. The Balaban J connectivity index is 0.0000125. The number of H-pyrrole nitrogens is 1. The topological polar surface area (TPSA) is 170 Å². The number of unbranched alkanes of at least 4 members (excludes halogenated alkanes) is 13. The van der Waals surface area contributed by atoms with Gasteiger partial charge in [-0.25, -0.2) is 9.36 Å². The maximum absolute atomic E-state index is 13.7. The van der Waals surface area contributed by atoms with Crippen LogP contribution in [0.4, 0.5) is 4.39 Å². The third-order valence-corrected chi connectivity index (χ3v) is 11.4. The zero-order valence-electron chi connectivity index (χ0n) is 31.8. The molecule has 0 aromatic carbocycles. The molecule has 4 N–H and O–H groups in total. The van der Waals surface area contributed by atoms with Gasteiger partial charge in [0.15, 0.2) is 6.23 Å². The number of aliphatic hydroxyl groups excluding tert-OH is 2. The van der Waals surface area contributed by atoms with Crippen molar-refractivity contribution in [1.29, 1.82) is 0 Å². The predicted octanol–water partition coefficient (Wildman–Crippen LogP) is 3.72. The fraction of sp³-hybridized carbons (Fsp3) is 0.882. The second-order valence-corrected chi connectivity index (χ2v) is 15.8. The van der Waals surface area contributed by atoms with Crippen molar-refractivity contribution in [2.24, 2.45) is 0 Å². The van der Waals surface area contributed by atoms with Crippen molar-refractivity contribution in [3.63, 3.8) is 0 Å². The van der Waals surface area contributed by atoms with Gasteiger partial charge in [-0.15, -0.1) is 0 Å². The Morgan fingerprint density at radius 3 is 2.12 bits per heavy atom. The smallest absolute Gasteiger partial charge is 1.00 e. The van der Waals surface area contributed by atoms with Gasteiger partial charge in [0, 0.05) is 11.9 Å². The molecule has 0 amide bonds. The standard InChI is InChI=1S/C34H62FN2O10PS.Na.H/c1-4-6-8-10-11-12-13-14-16-18-23-49-29(20-17-15-9-7-5-2)26(3)44-21-19-22-45-48(42,43)46-25-28-30(38)31(39)33(47-28)37-24-27(35)32(40)36-34(37)41;;/h24,26,28-31,33,38-39H,4-23,25H2,1-3H3,(H,42,43)(H,36,40,41);;/q;+1;-1/t26?,28-,29?,30-,31-,33-;;/m1../s1. The molecule has 0 aliphatic carbocycles. The summed E-state index contributed by atoms with van der Waals surface area (Å²) in [4.78, 5) is 35.2. The number of nitrogens with one attached hydrogen (secondary N) is 1. The number of ether oxygens (including phenoxy) is 2. The Hall–Kier alpha value is -0.0900. The number of halogens is 1. The molecule has 1 fully saturated rings. The molecule has 50 heavy (non-hydrogen) atoms. The van der Waals surface area contributed by atoms with E-state index >= 15 is 0 Å². The molecule has 16 heteroatoms. The zero-order valence-corrected chi connectivity index (χ0v) is 34.5. The number of hydrogen-bond donors (Lipinski definition) is 4. The first kappa shape index (κ1) is 47.9. The van der Waals surface area contributed by atoms with Gasteiger partial charge in [-0.2, -0.15) is 16.2 Å². The van der Waals surface area contributed by atoms with Gasteiger partial charge in [-0.3, -0.25) is 23.4 Å². The van der Waals surface area contributed by atoms with Crippen molar-refractivity contribution >= 4 is 19.6 Å². The molecule has 0 saturated carbocycles. The van der Waals surface area contributed by atoms with Crippen molar-refractivity contribution in [3.05, 3.63) is 32.9 Å². The van der Waals surface area contributed by atoms with E-state index in [1.54, 1.807) is 4.98 Å². The van der Waals surface area contributed by atoms with E-state index in [0.717, 1.165) is 12.2 Å². The minimum Gasteiger partial charge on any atom is -1.00 e. The number of phosphoric acid groups is 1. The van der Waals surface area contributed by atoms with E-state index in [0.29, 0.717) is 29.0 Å². The van der Waals surface area contributed by atoms with Gasteiger partial charge in [-0.1, -0.05) is 104 Å². The summed E-state index contributed by atoms with van der Waals surface area (Å²) in [7, 11) is -4.56. The maximum Gasteiger partial charge on any atom is 1.00 e. The summed E-state index contributed by atoms with van der Waals surface area (Å²) in [6.07, 6.45) is 15.1. The number of phosphoric ester groups is 1. The summed E-state index contributed by atoms with van der Waals surface area (Å²) in [5.74, 6) is -0.176. The monoisotopic (exact) mass is 764 g/mol. The van der Waals surface area contributed by atoms with Crippen LogP contribution in [-0.2, 0) is 23.1 Å². The van der Waals surface area contributed by atoms with E-state index in [2.05, 4.69) is 20.8 Å². The van der Waals surface area contributed by atoms with Gasteiger partial charge in [0.1, 0.15) is 18.3 Å². The van der Waals surface area contributed by atoms with Gasteiger partial charge in [-0.05, 0) is 31.9 Å². The summed E-state index contributed by atoms with van der Waals surface area (Å²) in [5.41, 5.74) is -2.31. The number of nitrogens with zero attached hydrogens (tertiary/aromatic N) is 1. The van der Waals surface area contributed by atoms with Crippen LogP contribution >= 0.6 is 19.6 Å². The molecule has 1 aliphatic rings. The van der Waals surface area contributed by atoms with Gasteiger partial charge < -0.3 is 26.0 Å². The summed E-state index contributed by atoms with van der Waals surface area (Å²) < 4.78 is 48.3. The molecule has 1 saturated heterocycles. The van der Waals surface area contributed by atoms with Crippen LogP contribution in [0.3, 0.4) is 0 Å². The largest absolute Gasteiger partial charge is 1.00 e. The molecule has 3 unspecified atom stereocenters. The third-order valence-electron chi connectivity index (χ3n) is 8.81. The zero-order chi connectivity index (χ0) is 36.1. The molecule has 0 radical (unpaired) electrons. The summed E-state index contributed by atoms with van der Waals surface area (Å²) in [6.45, 7) is 6.13. The number of thioether (sulfide) groups is 1. The number of aromatic nitrogens is 2. The quantitative estimate of drug-likeness (QED) is 0.0533. The third kappa shape index (κ3) is 18.8. The molecule has 1 aromatic rings. The molecule has 2 rings (SSSR count). The van der Waals surface area contributed by atoms with E-state index in [1.807, 2.05) is 11.8 Å². The van der Waals surface area contributed by atoms with Crippen LogP contribution in [0.25, 0.3) is 0 Å². The average molecular weight is 765 g/mol. The minimum absolute atomic E-state index is 0. The normalized spacial score (nSPS) is 21.5. The molecule has 12 nitrogen and oxygen atoms in total. The Morgan fingerprint density at radius 1 is 0.920 bits per heavy atom. The van der Waals surface area contributed by atoms with E-state index in [9.17, 15) is 33.7 Å². The van der Waals surface area contributed by atoms with Crippen molar-refractivity contribution in [1.82, 2.24) is 9.55 Å². The molecule has 0 bridgehead atoms. The molecular weight excluding hydrogens is 701 g/mol. The Morgan fingerprint density at radius 2 is 1.50 bits per heavy atom. The van der Waals surface area contributed by atoms with Crippen LogP contribution in [0.1, 0.15) is 138 Å². The maximum atomic E-state index is 13.7. The molecule has 288 valence electrons. The van der Waals surface area contributed by atoms with Crippen LogP contribution < -0.4 is 40.8 Å². The number of aromatic amines is 1. The van der Waals surface area contributed by atoms with Crippen molar-refractivity contribution in [2.75, 3.05) is 25.6 Å². The molecule has 2 heterocycles. The number of aliphatic hydroxyl groups is 2. The summed E-state index contributed by atoms with van der Waals surface area (Å²) in [5, 5.41) is 21.0. The van der Waals surface area contributed by atoms with Crippen molar-refractivity contribution in [3.8, 4) is 0 Å². The molecule has 1 aromatic heterocycles. The van der Waals surface area contributed by atoms with Crippen LogP contribution in [0, 0.1) is 5.82 Å². The summed E-state index contributed by atoms with van der Waals surface area (Å²) >= 11 is 1.99. The van der Waals surface area contributed by atoms with Crippen LogP contribution in [0.2, 0.25) is 0 Å². The SMILES string of the molecule is CCCCCCCCCCCCSC(CCCCCCC)C(C)OCCCOP(=O)(O)OC[C@H]1O[C@@H](n2cc(F)c(=O)[nH]c2=O)[C@H](O)[C@@H]1O.[H-].[Na+]. The van der Waals surface area contributed by atoms with Crippen LogP contribution in [0.5, 0.6) is 0 Å². The van der Waals surface area contributed by atoms with Gasteiger partial charge >= 0.3 is 43.1 Å². The first-order chi connectivity index (χ1) is 23.5. The van der Waals surface area contributed by atoms with Crippen molar-refractivity contribution in [2.45, 2.75) is 166 Å². The molecular formula is C34H63FN2NaO10PS. The average Bonchev–Trinajstić information content (AvgIpc) is 3.35. The van der Waals surface area contributed by atoms with Gasteiger partial charge in [0.25, 0.3) is 5.56 Å². The van der Waals surface area contributed by atoms with Crippen LogP contribution in [0.15, 0.2) is 15.8 Å². The predicted molar refractivity (Wildman–Crippen MR) is 192 cm³/mol. The van der Waals surface area contributed by atoms with Gasteiger partial charge in [0.05, 0.1) is 25.5 Å². The van der Waals surface area contributed by atoms with E-state index in [4.69, 9.17) is 18.5 Å². The van der Waals surface area contributed by atoms with E-state index in [-0.39, 0.29) is 43.7 Å². The van der Waals surface area contributed by atoms with E-state index < -0.39 is 56.0 Å². The number of rotatable bonds is 29. The summed E-state index contributed by atoms with van der Waals surface area (Å²) in [6, 6.07) is 0. The first-order valence-electron chi connectivity index (χ1n) is 18.4. The fourth-order valence-electron chi connectivity index (χ4n) is 5.79. The number of hydrogen-bond acceptors (Lipinski definition) is 10. The molecule has 1 aliphatic heterocycles. The minimum atomic E-state index is -4.56. The van der Waals surface area contributed by atoms with E-state index in [1.165, 1.54) is 96.3 Å². The second-order valence-electron chi connectivity index (χ2n) is 13.0. The van der Waals surface area contributed by atoms with Gasteiger partial charge in [0.2, 0.25) is 5.82 Å². The molecule has 0 spiro atoms. The Bertz CT molecular complexity index is 1200. The first-order valence-corrected chi connectivity index (χ1v) is 20.9. The Kier molecular flexibility index (Phi) is 26.3.